The molecule has 0 amide bonds. The first-order chi connectivity index (χ1) is 7.16. The van der Waals surface area contributed by atoms with Crippen LogP contribution in [0.5, 0.6) is 0 Å². The zero-order valence-corrected chi connectivity index (χ0v) is 9.19. The van der Waals surface area contributed by atoms with E-state index in [9.17, 15) is 0 Å². The van der Waals surface area contributed by atoms with Crippen LogP contribution in [0.1, 0.15) is 31.4 Å². The lowest BCUT2D eigenvalue weighted by atomic mass is 9.79. The third-order valence-electron chi connectivity index (χ3n) is 4.18. The van der Waals surface area contributed by atoms with E-state index in [1.807, 2.05) is 13.2 Å². The van der Waals surface area contributed by atoms with Crippen molar-refractivity contribution in [1.82, 2.24) is 15.0 Å². The number of nitrogens with zero attached hydrogens (tertiary/aromatic N) is 3. The Morgan fingerprint density at radius 2 is 2.47 bits per heavy atom. The number of hydrogen-bond donors (Lipinski definition) is 1. The summed E-state index contributed by atoms with van der Waals surface area (Å²) in [6.45, 7) is 0. The average Bonchev–Trinajstić information content (AvgIpc) is 2.81. The van der Waals surface area contributed by atoms with Crippen molar-refractivity contribution >= 4 is 0 Å². The summed E-state index contributed by atoms with van der Waals surface area (Å²) in [4.78, 5) is 0. The van der Waals surface area contributed by atoms with Gasteiger partial charge in [0.2, 0.25) is 0 Å². The maximum absolute atomic E-state index is 6.51. The van der Waals surface area contributed by atoms with Gasteiger partial charge in [0.15, 0.2) is 0 Å². The molecule has 2 bridgehead atoms. The molecule has 3 rings (SSSR count). The minimum atomic E-state index is 0.0128. The van der Waals surface area contributed by atoms with E-state index in [2.05, 4.69) is 10.3 Å². The molecule has 15 heavy (non-hydrogen) atoms. The average molecular weight is 206 g/mol. The highest BCUT2D eigenvalue weighted by atomic mass is 15.4. The second-order valence-corrected chi connectivity index (χ2v) is 5.37. The molecule has 1 aromatic heterocycles. The van der Waals surface area contributed by atoms with Crippen LogP contribution >= 0.6 is 0 Å². The van der Waals surface area contributed by atoms with Crippen molar-refractivity contribution < 1.29 is 0 Å². The summed E-state index contributed by atoms with van der Waals surface area (Å²) in [5, 5.41) is 8.10. The molecule has 4 heteroatoms. The van der Waals surface area contributed by atoms with Gasteiger partial charge in [-0.25, -0.2) is 0 Å². The molecule has 2 aliphatic rings. The second kappa shape index (κ2) is 3.04. The normalized spacial score (nSPS) is 38.8. The van der Waals surface area contributed by atoms with E-state index in [1.54, 1.807) is 4.68 Å². The van der Waals surface area contributed by atoms with Gasteiger partial charge in [-0.1, -0.05) is 11.6 Å². The first-order valence-electron chi connectivity index (χ1n) is 5.80. The Morgan fingerprint density at radius 3 is 3.00 bits per heavy atom. The monoisotopic (exact) mass is 206 g/mol. The minimum absolute atomic E-state index is 0.0128. The third kappa shape index (κ3) is 1.47. The highest BCUT2D eigenvalue weighted by molar-refractivity contribution is 5.10. The van der Waals surface area contributed by atoms with Gasteiger partial charge in [0.25, 0.3) is 0 Å². The predicted octanol–water partition coefficient (Wildman–Crippen LogP) is 0.875. The van der Waals surface area contributed by atoms with E-state index < -0.39 is 0 Å². The molecule has 2 N–H and O–H groups in total. The van der Waals surface area contributed by atoms with Crippen molar-refractivity contribution in [1.29, 1.82) is 0 Å². The molecule has 3 atom stereocenters. The van der Waals surface area contributed by atoms with Gasteiger partial charge in [0, 0.05) is 25.2 Å². The van der Waals surface area contributed by atoms with E-state index in [4.69, 9.17) is 5.73 Å². The van der Waals surface area contributed by atoms with Crippen LogP contribution in [0.4, 0.5) is 0 Å². The molecule has 0 aliphatic heterocycles. The van der Waals surface area contributed by atoms with E-state index >= 15 is 0 Å². The Kier molecular flexibility index (Phi) is 1.89. The van der Waals surface area contributed by atoms with Crippen LogP contribution in [0.3, 0.4) is 0 Å². The number of hydrogen-bond acceptors (Lipinski definition) is 3. The van der Waals surface area contributed by atoms with Gasteiger partial charge in [-0.3, -0.25) is 4.68 Å². The summed E-state index contributed by atoms with van der Waals surface area (Å²) < 4.78 is 1.76. The SMILES string of the molecule is Cn1cc(CC2(N)CC3CCC2C3)nn1. The topological polar surface area (TPSA) is 56.7 Å². The third-order valence-corrected chi connectivity index (χ3v) is 4.18. The Bertz CT molecular complexity index is 372. The Labute approximate surface area is 89.8 Å². The van der Waals surface area contributed by atoms with Gasteiger partial charge >= 0.3 is 0 Å². The highest BCUT2D eigenvalue weighted by Gasteiger charge is 2.48. The number of rotatable bonds is 2. The van der Waals surface area contributed by atoms with Crippen LogP contribution in [0.15, 0.2) is 6.20 Å². The Balaban J connectivity index is 1.77. The molecule has 82 valence electrons. The zero-order valence-electron chi connectivity index (χ0n) is 9.19. The Hall–Kier alpha value is -0.900. The van der Waals surface area contributed by atoms with E-state index in [0.717, 1.165) is 24.0 Å². The van der Waals surface area contributed by atoms with Gasteiger partial charge in [-0.2, -0.15) is 0 Å². The largest absolute Gasteiger partial charge is 0.324 e. The Morgan fingerprint density at radius 1 is 1.60 bits per heavy atom. The fourth-order valence-electron chi connectivity index (χ4n) is 3.52. The van der Waals surface area contributed by atoms with Gasteiger partial charge in [0.05, 0.1) is 5.69 Å². The number of nitrogens with two attached hydrogens (primary N) is 1. The highest BCUT2D eigenvalue weighted by Crippen LogP contribution is 2.50. The fourth-order valence-corrected chi connectivity index (χ4v) is 3.52. The molecular formula is C11H18N4. The molecule has 2 aliphatic carbocycles. The summed E-state index contributed by atoms with van der Waals surface area (Å²) in [6.07, 6.45) is 8.14. The summed E-state index contributed by atoms with van der Waals surface area (Å²) in [7, 11) is 1.90. The molecule has 0 spiro atoms. The summed E-state index contributed by atoms with van der Waals surface area (Å²) >= 11 is 0. The van der Waals surface area contributed by atoms with Gasteiger partial charge in [0.1, 0.15) is 0 Å². The van der Waals surface area contributed by atoms with Crippen molar-refractivity contribution in [3.05, 3.63) is 11.9 Å². The maximum atomic E-state index is 6.51. The van der Waals surface area contributed by atoms with Crippen LogP contribution in [-0.2, 0) is 13.5 Å². The van der Waals surface area contributed by atoms with E-state index in [1.165, 1.54) is 25.7 Å². The van der Waals surface area contributed by atoms with Gasteiger partial charge in [-0.05, 0) is 31.1 Å². The smallest absolute Gasteiger partial charge is 0.0845 e. The lowest BCUT2D eigenvalue weighted by Crippen LogP contribution is -2.47. The van der Waals surface area contributed by atoms with E-state index in [-0.39, 0.29) is 5.54 Å². The van der Waals surface area contributed by atoms with Gasteiger partial charge in [-0.15, -0.1) is 5.10 Å². The first-order valence-corrected chi connectivity index (χ1v) is 5.80. The summed E-state index contributed by atoms with van der Waals surface area (Å²) in [6, 6.07) is 0. The number of fused-ring (bicyclic) bond motifs is 2. The molecular weight excluding hydrogens is 188 g/mol. The standard InChI is InChI=1S/C11H18N4/c1-15-7-10(13-14-15)6-11(12)5-8-2-3-9(11)4-8/h7-9H,2-6,12H2,1H3. The van der Waals surface area contributed by atoms with Crippen LogP contribution in [0.25, 0.3) is 0 Å². The summed E-state index contributed by atoms with van der Waals surface area (Å²) in [5.41, 5.74) is 7.57. The molecule has 0 radical (unpaired) electrons. The van der Waals surface area contributed by atoms with Crippen molar-refractivity contribution in [3.8, 4) is 0 Å². The molecule has 2 fully saturated rings. The fraction of sp³-hybridized carbons (Fsp3) is 0.818. The predicted molar refractivity (Wildman–Crippen MR) is 57.1 cm³/mol. The van der Waals surface area contributed by atoms with Crippen LogP contribution in [0, 0.1) is 11.8 Å². The molecule has 1 heterocycles. The first kappa shape index (κ1) is 9.33. The molecule has 1 aromatic rings. The molecule has 4 nitrogen and oxygen atoms in total. The van der Waals surface area contributed by atoms with Crippen molar-refractivity contribution in [2.45, 2.75) is 37.6 Å². The zero-order chi connectivity index (χ0) is 10.5. The molecule has 3 unspecified atom stereocenters. The second-order valence-electron chi connectivity index (χ2n) is 5.37. The number of aryl methyl sites for hydroxylation is 1. The van der Waals surface area contributed by atoms with Crippen molar-refractivity contribution in [3.63, 3.8) is 0 Å². The van der Waals surface area contributed by atoms with Crippen LogP contribution in [-0.4, -0.2) is 20.5 Å². The molecule has 2 saturated carbocycles. The minimum Gasteiger partial charge on any atom is -0.324 e. The van der Waals surface area contributed by atoms with Gasteiger partial charge < -0.3 is 5.73 Å². The molecule has 0 saturated heterocycles. The summed E-state index contributed by atoms with van der Waals surface area (Å²) in [5.74, 6) is 1.61. The van der Waals surface area contributed by atoms with Crippen LogP contribution in [0.2, 0.25) is 0 Å². The maximum Gasteiger partial charge on any atom is 0.0845 e. The molecule has 0 aromatic carbocycles. The number of aromatic nitrogens is 3. The lowest BCUT2D eigenvalue weighted by molar-refractivity contribution is 0.267. The van der Waals surface area contributed by atoms with Crippen molar-refractivity contribution in [2.24, 2.45) is 24.6 Å². The quantitative estimate of drug-likeness (QED) is 0.781. The van der Waals surface area contributed by atoms with Crippen molar-refractivity contribution in [2.75, 3.05) is 0 Å². The lowest BCUT2D eigenvalue weighted by Gasteiger charge is -2.33. The van der Waals surface area contributed by atoms with Crippen LogP contribution < -0.4 is 5.73 Å². The van der Waals surface area contributed by atoms with E-state index in [0.29, 0.717) is 0 Å².